The zero-order valence-corrected chi connectivity index (χ0v) is 19.9. The molecule has 0 radical (unpaired) electrons. The summed E-state index contributed by atoms with van der Waals surface area (Å²) in [5, 5.41) is 8.51. The first-order chi connectivity index (χ1) is 15.6. The first kappa shape index (κ1) is 23.0. The van der Waals surface area contributed by atoms with Crippen LogP contribution in [0.5, 0.6) is 0 Å². The number of carbonyl (C=O) groups is 1. The molecule has 0 saturated carbocycles. The summed E-state index contributed by atoms with van der Waals surface area (Å²) in [6.45, 7) is 8.64. The van der Waals surface area contributed by atoms with Crippen molar-refractivity contribution in [3.8, 4) is 11.3 Å². The molecule has 1 aliphatic rings. The molecule has 2 aromatic carbocycles. The zero-order chi connectivity index (χ0) is 23.8. The third-order valence-corrected chi connectivity index (χ3v) is 5.59. The van der Waals surface area contributed by atoms with E-state index < -0.39 is 17.5 Å². The summed E-state index contributed by atoms with van der Waals surface area (Å²) in [6.07, 6.45) is -0.391. The van der Waals surface area contributed by atoms with Crippen LogP contribution in [0.3, 0.4) is 0 Å². The second kappa shape index (κ2) is 8.98. The highest BCUT2D eigenvalue weighted by molar-refractivity contribution is 6.30. The monoisotopic (exact) mass is 468 g/mol. The lowest BCUT2D eigenvalue weighted by Crippen LogP contribution is -2.38. The first-order valence-corrected chi connectivity index (χ1v) is 11.1. The fourth-order valence-corrected chi connectivity index (χ4v) is 3.83. The van der Waals surface area contributed by atoms with Crippen LogP contribution in [0, 0.1) is 12.7 Å². The largest absolute Gasteiger partial charge is 0.444 e. The molecule has 0 fully saturated rings. The Balaban J connectivity index is 1.76. The minimum Gasteiger partial charge on any atom is -0.444 e. The van der Waals surface area contributed by atoms with E-state index >= 15 is 0 Å². The summed E-state index contributed by atoms with van der Waals surface area (Å²) in [4.78, 5) is 16.6. The van der Waals surface area contributed by atoms with E-state index in [0.717, 1.165) is 28.2 Å². The molecule has 33 heavy (non-hydrogen) atoms. The molecule has 0 bridgehead atoms. The summed E-state index contributed by atoms with van der Waals surface area (Å²) in [5.74, 6) is -0.490. The van der Waals surface area contributed by atoms with Crippen LogP contribution in [0.2, 0.25) is 5.02 Å². The minimum absolute atomic E-state index is 0.0671. The summed E-state index contributed by atoms with van der Waals surface area (Å²) in [5.41, 5.74) is 4.28. The summed E-state index contributed by atoms with van der Waals surface area (Å²) < 4.78 is 19.9. The molecule has 8 heteroatoms. The smallest absolute Gasteiger partial charge is 0.410 e. The average Bonchev–Trinajstić information content (AvgIpc) is 2.94. The van der Waals surface area contributed by atoms with Gasteiger partial charge in [0.25, 0.3) is 0 Å². The number of aromatic nitrogens is 2. The highest BCUT2D eigenvalue weighted by Gasteiger charge is 2.28. The predicted octanol–water partition coefficient (Wildman–Crippen LogP) is 6.13. The van der Waals surface area contributed by atoms with Gasteiger partial charge in [0.05, 0.1) is 23.0 Å². The maximum absolute atomic E-state index is 14.3. The number of nitrogens with zero attached hydrogens (tertiary/aromatic N) is 4. The Morgan fingerprint density at radius 2 is 1.85 bits per heavy atom. The normalized spacial score (nSPS) is 14.0. The van der Waals surface area contributed by atoms with E-state index in [-0.39, 0.29) is 5.02 Å². The lowest BCUT2D eigenvalue weighted by atomic mass is 10.0. The second-order valence-electron chi connectivity index (χ2n) is 9.06. The zero-order valence-electron chi connectivity index (χ0n) is 19.1. The molecule has 172 valence electrons. The van der Waals surface area contributed by atoms with Crippen LogP contribution in [0.25, 0.3) is 11.3 Å². The highest BCUT2D eigenvalue weighted by Crippen LogP contribution is 2.35. The molecule has 0 aliphatic carbocycles. The quantitative estimate of drug-likeness (QED) is 0.452. The van der Waals surface area contributed by atoms with E-state index in [1.807, 2.05) is 62.9 Å². The van der Waals surface area contributed by atoms with Crippen molar-refractivity contribution in [2.75, 3.05) is 18.0 Å². The number of anilines is 2. The number of rotatable bonds is 2. The molecule has 0 unspecified atom stereocenters. The van der Waals surface area contributed by atoms with Crippen LogP contribution in [0.1, 0.15) is 32.0 Å². The Kier molecular flexibility index (Phi) is 6.26. The summed E-state index contributed by atoms with van der Waals surface area (Å²) >= 11 is 5.90. The van der Waals surface area contributed by atoms with Crippen molar-refractivity contribution in [2.45, 2.75) is 39.8 Å². The molecule has 0 atom stereocenters. The Hall–Kier alpha value is -3.19. The molecular formula is C25H26ClFN4O2. The molecular weight excluding hydrogens is 443 g/mol. The number of aryl methyl sites for hydroxylation is 1. The molecule has 1 amide bonds. The number of benzene rings is 2. The number of ether oxygens (including phenoxy) is 1. The third-order valence-electron chi connectivity index (χ3n) is 5.29. The Bertz CT molecular complexity index is 1180. The maximum Gasteiger partial charge on any atom is 0.410 e. The molecule has 0 saturated heterocycles. The van der Waals surface area contributed by atoms with Crippen LogP contribution >= 0.6 is 11.6 Å². The molecule has 0 spiro atoms. The van der Waals surface area contributed by atoms with Crippen LogP contribution in [-0.2, 0) is 11.3 Å². The van der Waals surface area contributed by atoms with E-state index in [4.69, 9.17) is 16.3 Å². The number of amides is 1. The van der Waals surface area contributed by atoms with Gasteiger partial charge in [-0.25, -0.2) is 9.18 Å². The van der Waals surface area contributed by atoms with Crippen molar-refractivity contribution in [1.29, 1.82) is 0 Å². The van der Waals surface area contributed by atoms with Gasteiger partial charge in [0.2, 0.25) is 0 Å². The van der Waals surface area contributed by atoms with Gasteiger partial charge in [-0.1, -0.05) is 17.7 Å². The number of carbonyl (C=O) groups excluding carboxylic acids is 1. The van der Waals surface area contributed by atoms with Crippen molar-refractivity contribution in [1.82, 2.24) is 15.1 Å². The molecule has 1 aromatic heterocycles. The van der Waals surface area contributed by atoms with Crippen molar-refractivity contribution in [2.24, 2.45) is 0 Å². The van der Waals surface area contributed by atoms with Crippen molar-refractivity contribution >= 4 is 29.1 Å². The fraction of sp³-hybridized carbons (Fsp3) is 0.320. The molecule has 0 N–H and O–H groups in total. The van der Waals surface area contributed by atoms with Crippen LogP contribution in [-0.4, -0.2) is 39.9 Å². The topological polar surface area (TPSA) is 58.6 Å². The maximum atomic E-state index is 14.3. The van der Waals surface area contributed by atoms with Crippen LogP contribution in [0.15, 0.2) is 48.5 Å². The lowest BCUT2D eigenvalue weighted by Gasteiger charge is -2.27. The Morgan fingerprint density at radius 1 is 1.06 bits per heavy atom. The molecule has 6 nitrogen and oxygen atoms in total. The van der Waals surface area contributed by atoms with Gasteiger partial charge in [-0.2, -0.15) is 10.2 Å². The molecule has 4 rings (SSSR count). The summed E-state index contributed by atoms with van der Waals surface area (Å²) in [7, 11) is 0. The number of hydrogen-bond acceptors (Lipinski definition) is 5. The van der Waals surface area contributed by atoms with Crippen LogP contribution in [0.4, 0.5) is 20.6 Å². The number of hydrogen-bond donors (Lipinski definition) is 0. The lowest BCUT2D eigenvalue weighted by molar-refractivity contribution is 0.0244. The van der Waals surface area contributed by atoms with Crippen LogP contribution < -0.4 is 4.90 Å². The SMILES string of the molecule is Cc1ccc(-c2ccc3c(c2)CN(C(=O)OC(C)(C)C)CCN3c2ccc(Cl)c(F)c2)nn1. The molecule has 1 aliphatic heterocycles. The van der Waals surface area contributed by atoms with Gasteiger partial charge in [-0.3, -0.25) is 0 Å². The van der Waals surface area contributed by atoms with E-state index in [9.17, 15) is 9.18 Å². The Morgan fingerprint density at radius 3 is 2.52 bits per heavy atom. The standard InChI is InChI=1S/C25H26ClFN4O2/c1-16-5-9-22(29-28-16)17-6-10-23-18(13-17)15-30(24(32)33-25(2,3)4)11-12-31(23)19-7-8-20(26)21(27)14-19/h5-10,13-14H,11-12,15H2,1-4H3. The van der Waals surface area contributed by atoms with Crippen molar-refractivity contribution in [3.05, 3.63) is 70.6 Å². The van der Waals surface area contributed by atoms with Gasteiger partial charge < -0.3 is 14.5 Å². The van der Waals surface area contributed by atoms with Gasteiger partial charge in [-0.05, 0) is 75.7 Å². The first-order valence-electron chi connectivity index (χ1n) is 10.7. The van der Waals surface area contributed by atoms with Gasteiger partial charge >= 0.3 is 6.09 Å². The van der Waals surface area contributed by atoms with E-state index in [1.54, 1.807) is 17.0 Å². The van der Waals surface area contributed by atoms with Gasteiger partial charge in [-0.15, -0.1) is 0 Å². The highest BCUT2D eigenvalue weighted by atomic mass is 35.5. The molecule has 3 aromatic rings. The van der Waals surface area contributed by atoms with Gasteiger partial charge in [0, 0.05) is 30.0 Å². The number of fused-ring (bicyclic) bond motifs is 1. The van der Waals surface area contributed by atoms with E-state index in [1.165, 1.54) is 6.07 Å². The minimum atomic E-state index is -0.607. The fourth-order valence-electron chi connectivity index (χ4n) is 3.72. The summed E-state index contributed by atoms with van der Waals surface area (Å²) in [6, 6.07) is 14.5. The second-order valence-corrected chi connectivity index (χ2v) is 9.46. The molecule has 2 heterocycles. The number of halogens is 2. The predicted molar refractivity (Wildman–Crippen MR) is 127 cm³/mol. The average molecular weight is 469 g/mol. The van der Waals surface area contributed by atoms with Crippen molar-refractivity contribution < 1.29 is 13.9 Å². The van der Waals surface area contributed by atoms with Gasteiger partial charge in [0.1, 0.15) is 11.4 Å². The third kappa shape index (κ3) is 5.25. The van der Waals surface area contributed by atoms with Gasteiger partial charge in [0.15, 0.2) is 0 Å². The Labute approximate surface area is 197 Å². The van der Waals surface area contributed by atoms with E-state index in [0.29, 0.717) is 25.3 Å². The van der Waals surface area contributed by atoms with E-state index in [2.05, 4.69) is 10.2 Å². The van der Waals surface area contributed by atoms with Crippen molar-refractivity contribution in [3.63, 3.8) is 0 Å².